The van der Waals surface area contributed by atoms with Gasteiger partial charge < -0.3 is 0 Å². The van der Waals surface area contributed by atoms with Crippen molar-refractivity contribution >= 4 is 5.78 Å². The van der Waals surface area contributed by atoms with E-state index in [1.54, 1.807) is 0 Å². The van der Waals surface area contributed by atoms with E-state index in [2.05, 4.69) is 13.5 Å². The summed E-state index contributed by atoms with van der Waals surface area (Å²) in [4.78, 5) is 12.0. The fourth-order valence-corrected chi connectivity index (χ4v) is 2.96. The summed E-state index contributed by atoms with van der Waals surface area (Å²) >= 11 is 0. The highest BCUT2D eigenvalue weighted by Crippen LogP contribution is 2.49. The fourth-order valence-electron chi connectivity index (χ4n) is 2.96. The largest absolute Gasteiger partial charge is 0.299 e. The van der Waals surface area contributed by atoms with Crippen LogP contribution in [0.25, 0.3) is 0 Å². The molecule has 1 heteroatoms. The SMILES string of the molecule is C=C1CCC2CCCC2(C)C(=O)C1. The second kappa shape index (κ2) is 2.97. The quantitative estimate of drug-likeness (QED) is 0.521. The van der Waals surface area contributed by atoms with E-state index in [9.17, 15) is 4.79 Å². The van der Waals surface area contributed by atoms with Gasteiger partial charge in [0.1, 0.15) is 5.78 Å². The molecule has 1 nitrogen and oxygen atoms in total. The van der Waals surface area contributed by atoms with E-state index < -0.39 is 0 Å². The molecule has 0 aromatic rings. The molecular weight excluding hydrogens is 160 g/mol. The summed E-state index contributed by atoms with van der Waals surface area (Å²) in [6.07, 6.45) is 6.54. The Kier molecular flexibility index (Phi) is 2.05. The molecule has 0 aromatic carbocycles. The highest BCUT2D eigenvalue weighted by atomic mass is 16.1. The summed E-state index contributed by atoms with van der Waals surface area (Å²) in [5, 5.41) is 0. The average molecular weight is 178 g/mol. The lowest BCUT2D eigenvalue weighted by molar-refractivity contribution is -0.128. The van der Waals surface area contributed by atoms with Gasteiger partial charge in [0.2, 0.25) is 0 Å². The molecule has 0 radical (unpaired) electrons. The third-order valence-corrected chi connectivity index (χ3v) is 4.04. The smallest absolute Gasteiger partial charge is 0.143 e. The number of carbonyl (C=O) groups excluding carboxylic acids is 1. The molecule has 0 heterocycles. The molecule has 0 saturated heterocycles. The molecule has 0 spiro atoms. The standard InChI is InChI=1S/C12H18O/c1-9-5-6-10-4-3-7-12(10,2)11(13)8-9/h10H,1,3-8H2,2H3. The summed E-state index contributed by atoms with van der Waals surface area (Å²) in [5.41, 5.74) is 1.17. The van der Waals surface area contributed by atoms with E-state index >= 15 is 0 Å². The molecule has 0 amide bonds. The zero-order valence-electron chi connectivity index (χ0n) is 8.44. The van der Waals surface area contributed by atoms with Crippen LogP contribution in [-0.4, -0.2) is 5.78 Å². The Morgan fingerprint density at radius 2 is 2.23 bits per heavy atom. The van der Waals surface area contributed by atoms with Crippen LogP contribution in [0.15, 0.2) is 12.2 Å². The van der Waals surface area contributed by atoms with E-state index in [1.807, 2.05) is 0 Å². The molecule has 0 aliphatic heterocycles. The molecule has 0 N–H and O–H groups in total. The number of ketones is 1. The van der Waals surface area contributed by atoms with Crippen LogP contribution < -0.4 is 0 Å². The number of rotatable bonds is 0. The summed E-state index contributed by atoms with van der Waals surface area (Å²) in [7, 11) is 0. The minimum Gasteiger partial charge on any atom is -0.299 e. The van der Waals surface area contributed by atoms with E-state index in [4.69, 9.17) is 0 Å². The van der Waals surface area contributed by atoms with Gasteiger partial charge in [0.15, 0.2) is 0 Å². The Hall–Kier alpha value is -0.590. The lowest BCUT2D eigenvalue weighted by Crippen LogP contribution is -2.29. The number of fused-ring (bicyclic) bond motifs is 1. The minimum absolute atomic E-state index is 0.0133. The molecule has 13 heavy (non-hydrogen) atoms. The topological polar surface area (TPSA) is 17.1 Å². The van der Waals surface area contributed by atoms with Crippen LogP contribution in [0, 0.1) is 11.3 Å². The molecule has 0 aromatic heterocycles. The predicted molar refractivity (Wildman–Crippen MR) is 53.4 cm³/mol. The van der Waals surface area contributed by atoms with Crippen LogP contribution in [-0.2, 0) is 4.79 Å². The third kappa shape index (κ3) is 1.34. The highest BCUT2D eigenvalue weighted by Gasteiger charge is 2.45. The lowest BCUT2D eigenvalue weighted by atomic mass is 9.75. The van der Waals surface area contributed by atoms with Crippen molar-refractivity contribution in [1.82, 2.24) is 0 Å². The first-order chi connectivity index (χ1) is 6.13. The van der Waals surface area contributed by atoms with Crippen molar-refractivity contribution in [2.45, 2.75) is 45.4 Å². The number of hydrogen-bond donors (Lipinski definition) is 0. The Labute approximate surface area is 80.2 Å². The summed E-state index contributed by atoms with van der Waals surface area (Å²) < 4.78 is 0. The maximum atomic E-state index is 12.0. The highest BCUT2D eigenvalue weighted by molar-refractivity contribution is 5.87. The van der Waals surface area contributed by atoms with Crippen molar-refractivity contribution < 1.29 is 4.79 Å². The van der Waals surface area contributed by atoms with Gasteiger partial charge in [-0.3, -0.25) is 4.79 Å². The van der Waals surface area contributed by atoms with Crippen molar-refractivity contribution in [2.24, 2.45) is 11.3 Å². The number of carbonyl (C=O) groups is 1. The summed E-state index contributed by atoms with van der Waals surface area (Å²) in [6, 6.07) is 0. The maximum absolute atomic E-state index is 12.0. The Bertz CT molecular complexity index is 254. The average Bonchev–Trinajstić information content (AvgIpc) is 2.41. The first-order valence-corrected chi connectivity index (χ1v) is 5.33. The zero-order valence-corrected chi connectivity index (χ0v) is 8.44. The molecule has 0 bridgehead atoms. The van der Waals surface area contributed by atoms with Crippen molar-refractivity contribution in [3.8, 4) is 0 Å². The summed E-state index contributed by atoms with van der Waals surface area (Å²) in [5.74, 6) is 1.11. The van der Waals surface area contributed by atoms with E-state index in [1.165, 1.54) is 19.3 Å². The molecule has 2 saturated carbocycles. The van der Waals surface area contributed by atoms with Gasteiger partial charge in [-0.15, -0.1) is 0 Å². The molecule has 2 rings (SSSR count). The van der Waals surface area contributed by atoms with Crippen LogP contribution in [0.3, 0.4) is 0 Å². The molecule has 2 fully saturated rings. The van der Waals surface area contributed by atoms with Gasteiger partial charge in [-0.1, -0.05) is 25.5 Å². The predicted octanol–water partition coefficient (Wildman–Crippen LogP) is 3.10. The number of allylic oxidation sites excluding steroid dienone is 1. The van der Waals surface area contributed by atoms with Crippen LogP contribution in [0.4, 0.5) is 0 Å². The second-order valence-corrected chi connectivity index (χ2v) is 4.90. The van der Waals surface area contributed by atoms with E-state index in [-0.39, 0.29) is 5.41 Å². The van der Waals surface area contributed by atoms with Crippen molar-refractivity contribution in [2.75, 3.05) is 0 Å². The molecular formula is C12H18O. The first-order valence-electron chi connectivity index (χ1n) is 5.33. The minimum atomic E-state index is 0.0133. The van der Waals surface area contributed by atoms with Gasteiger partial charge in [0, 0.05) is 11.8 Å². The van der Waals surface area contributed by atoms with Crippen LogP contribution in [0.1, 0.15) is 45.4 Å². The zero-order chi connectivity index (χ0) is 9.47. The second-order valence-electron chi connectivity index (χ2n) is 4.90. The van der Waals surface area contributed by atoms with Crippen molar-refractivity contribution in [3.05, 3.63) is 12.2 Å². The first kappa shape index (κ1) is 8.98. The maximum Gasteiger partial charge on any atom is 0.143 e. The Morgan fingerprint density at radius 1 is 1.46 bits per heavy atom. The van der Waals surface area contributed by atoms with Crippen LogP contribution >= 0.6 is 0 Å². The van der Waals surface area contributed by atoms with Gasteiger partial charge in [-0.2, -0.15) is 0 Å². The van der Waals surface area contributed by atoms with E-state index in [0.29, 0.717) is 18.1 Å². The van der Waals surface area contributed by atoms with Gasteiger partial charge in [-0.05, 0) is 31.6 Å². The monoisotopic (exact) mass is 178 g/mol. The van der Waals surface area contributed by atoms with Gasteiger partial charge in [-0.25, -0.2) is 0 Å². The summed E-state index contributed by atoms with van der Waals surface area (Å²) in [6.45, 7) is 6.13. The molecule has 2 aliphatic rings. The number of Topliss-reactive ketones (excluding diaryl/α,β-unsaturated/α-hetero) is 1. The third-order valence-electron chi connectivity index (χ3n) is 4.04. The lowest BCUT2D eigenvalue weighted by Gasteiger charge is -2.27. The normalized spacial score (nSPS) is 40.2. The number of hydrogen-bond acceptors (Lipinski definition) is 1. The van der Waals surface area contributed by atoms with Gasteiger partial charge in [0.05, 0.1) is 0 Å². The van der Waals surface area contributed by atoms with Crippen LogP contribution in [0.2, 0.25) is 0 Å². The van der Waals surface area contributed by atoms with Gasteiger partial charge in [0.25, 0.3) is 0 Å². The Balaban J connectivity index is 2.27. The molecule has 2 aliphatic carbocycles. The fraction of sp³-hybridized carbons (Fsp3) is 0.750. The van der Waals surface area contributed by atoms with Crippen molar-refractivity contribution in [1.29, 1.82) is 0 Å². The van der Waals surface area contributed by atoms with Crippen molar-refractivity contribution in [3.63, 3.8) is 0 Å². The molecule has 72 valence electrons. The molecule has 2 unspecified atom stereocenters. The molecule has 2 atom stereocenters. The Morgan fingerprint density at radius 3 is 3.00 bits per heavy atom. The van der Waals surface area contributed by atoms with Crippen LogP contribution in [0.5, 0.6) is 0 Å². The van der Waals surface area contributed by atoms with Gasteiger partial charge >= 0.3 is 0 Å². The van der Waals surface area contributed by atoms with E-state index in [0.717, 1.165) is 18.4 Å².